The summed E-state index contributed by atoms with van der Waals surface area (Å²) < 4.78 is 3.29. The molecule has 9 heteroatoms. The number of hydrogen-bond donors (Lipinski definition) is 2. The van der Waals surface area contributed by atoms with Crippen LogP contribution in [-0.4, -0.2) is 30.0 Å². The number of nitrogens with zero attached hydrogens (tertiary/aromatic N) is 4. The Morgan fingerprint density at radius 3 is 2.67 bits per heavy atom. The molecule has 5 aromatic rings. The van der Waals surface area contributed by atoms with Crippen molar-refractivity contribution in [3.63, 3.8) is 0 Å². The third-order valence-corrected chi connectivity index (χ3v) is 5.52. The highest BCUT2D eigenvalue weighted by molar-refractivity contribution is 5.97. The van der Waals surface area contributed by atoms with E-state index in [9.17, 15) is 14.4 Å². The fourth-order valence-corrected chi connectivity index (χ4v) is 3.82. The van der Waals surface area contributed by atoms with E-state index in [1.165, 1.54) is 4.57 Å². The lowest BCUT2D eigenvalue weighted by Crippen LogP contribution is -2.36. The van der Waals surface area contributed by atoms with Crippen molar-refractivity contribution in [2.24, 2.45) is 0 Å². The molecular formula is C24H20N6O3. The Labute approximate surface area is 187 Å². The monoisotopic (exact) mass is 440 g/mol. The summed E-state index contributed by atoms with van der Waals surface area (Å²) in [6, 6.07) is 16.5. The molecule has 2 N–H and O–H groups in total. The zero-order chi connectivity index (χ0) is 22.9. The second kappa shape index (κ2) is 8.19. The molecule has 33 heavy (non-hydrogen) atoms. The lowest BCUT2D eigenvalue weighted by Gasteiger charge is -2.10. The van der Waals surface area contributed by atoms with E-state index in [0.717, 1.165) is 22.4 Å². The number of rotatable bonds is 5. The maximum absolute atomic E-state index is 12.7. The topological polar surface area (TPSA) is 115 Å². The number of carbonyl (C=O) groups is 1. The van der Waals surface area contributed by atoms with Gasteiger partial charge in [0.2, 0.25) is 0 Å². The second-order valence-electron chi connectivity index (χ2n) is 7.55. The summed E-state index contributed by atoms with van der Waals surface area (Å²) in [5.41, 5.74) is 2.77. The quantitative estimate of drug-likeness (QED) is 0.407. The highest BCUT2D eigenvalue weighted by atomic mass is 16.2. The number of aryl methyl sites for hydroxylation is 1. The first kappa shape index (κ1) is 20.4. The number of H-pyrrole nitrogens is 1. The molecule has 0 unspecified atom stereocenters. The number of hydrogen-bond acceptors (Lipinski definition) is 5. The molecular weight excluding hydrogens is 420 g/mol. The largest absolute Gasteiger partial charge is 0.348 e. The molecule has 0 saturated carbocycles. The third kappa shape index (κ3) is 3.69. The van der Waals surface area contributed by atoms with Crippen LogP contribution in [0.1, 0.15) is 22.8 Å². The van der Waals surface area contributed by atoms with Gasteiger partial charge in [0.15, 0.2) is 0 Å². The molecule has 164 valence electrons. The van der Waals surface area contributed by atoms with E-state index in [2.05, 4.69) is 20.3 Å². The van der Waals surface area contributed by atoms with Crippen LogP contribution in [0.15, 0.2) is 76.7 Å². The molecule has 5 rings (SSSR count). The summed E-state index contributed by atoms with van der Waals surface area (Å²) in [6.07, 6.45) is 3.44. The van der Waals surface area contributed by atoms with Gasteiger partial charge in [0, 0.05) is 24.8 Å². The van der Waals surface area contributed by atoms with E-state index in [0.29, 0.717) is 29.7 Å². The molecule has 9 nitrogen and oxygen atoms in total. The SMILES string of the molecule is CCn1c(=O)c(=O)[nH]c2cc(C(=O)NCc3ccc(-n4cnc5ccccc54)nc3)ccc21. The van der Waals surface area contributed by atoms with Crippen LogP contribution in [0.2, 0.25) is 0 Å². The predicted molar refractivity (Wildman–Crippen MR) is 125 cm³/mol. The molecule has 0 aliphatic heterocycles. The number of carbonyl (C=O) groups excluding carboxylic acids is 1. The summed E-state index contributed by atoms with van der Waals surface area (Å²) in [5.74, 6) is 0.441. The van der Waals surface area contributed by atoms with Gasteiger partial charge in [0.25, 0.3) is 5.91 Å². The maximum Gasteiger partial charge on any atom is 0.316 e. The lowest BCUT2D eigenvalue weighted by molar-refractivity contribution is 0.0951. The third-order valence-electron chi connectivity index (χ3n) is 5.52. The van der Waals surface area contributed by atoms with Gasteiger partial charge in [-0.05, 0) is 48.9 Å². The Morgan fingerprint density at radius 2 is 1.88 bits per heavy atom. The average Bonchev–Trinajstić information content (AvgIpc) is 3.27. The summed E-state index contributed by atoms with van der Waals surface area (Å²) in [7, 11) is 0. The van der Waals surface area contributed by atoms with Crippen molar-refractivity contribution in [2.45, 2.75) is 20.0 Å². The van der Waals surface area contributed by atoms with Crippen LogP contribution in [0.25, 0.3) is 27.9 Å². The van der Waals surface area contributed by atoms with Crippen molar-refractivity contribution < 1.29 is 4.79 Å². The van der Waals surface area contributed by atoms with E-state index in [1.807, 2.05) is 41.0 Å². The Bertz CT molecular complexity index is 1610. The van der Waals surface area contributed by atoms with E-state index >= 15 is 0 Å². The standard InChI is InChI=1S/C24H20N6O3/c1-2-29-20-9-8-16(11-18(20)28-23(32)24(29)33)22(31)26-13-15-7-10-21(25-12-15)30-14-27-17-5-3-4-6-19(17)30/h3-12,14H,2,13H2,1H3,(H,26,31)(H,28,32). The first-order chi connectivity index (χ1) is 16.0. The molecule has 1 amide bonds. The number of aromatic nitrogens is 5. The van der Waals surface area contributed by atoms with Crippen LogP contribution >= 0.6 is 0 Å². The van der Waals surface area contributed by atoms with Crippen molar-refractivity contribution in [3.05, 3.63) is 99.0 Å². The molecule has 3 heterocycles. The minimum absolute atomic E-state index is 0.291. The smallest absolute Gasteiger partial charge is 0.316 e. The minimum atomic E-state index is -0.709. The van der Waals surface area contributed by atoms with E-state index in [4.69, 9.17) is 0 Å². The van der Waals surface area contributed by atoms with Gasteiger partial charge in [0.05, 0.1) is 22.1 Å². The molecule has 0 fully saturated rings. The molecule has 3 aromatic heterocycles. The number of benzene rings is 2. The number of nitrogens with one attached hydrogen (secondary N) is 2. The van der Waals surface area contributed by atoms with Crippen LogP contribution in [0.5, 0.6) is 0 Å². The number of fused-ring (bicyclic) bond motifs is 2. The van der Waals surface area contributed by atoms with Gasteiger partial charge in [-0.1, -0.05) is 18.2 Å². The highest BCUT2D eigenvalue weighted by Crippen LogP contribution is 2.17. The minimum Gasteiger partial charge on any atom is -0.348 e. The molecule has 0 aliphatic carbocycles. The van der Waals surface area contributed by atoms with Gasteiger partial charge in [-0.25, -0.2) is 9.97 Å². The molecule has 0 saturated heterocycles. The fraction of sp³-hybridized carbons (Fsp3) is 0.125. The van der Waals surface area contributed by atoms with E-state index in [-0.39, 0.29) is 5.91 Å². The number of imidazole rings is 1. The van der Waals surface area contributed by atoms with Crippen LogP contribution in [0.3, 0.4) is 0 Å². The van der Waals surface area contributed by atoms with Crippen molar-refractivity contribution in [3.8, 4) is 5.82 Å². The predicted octanol–water partition coefficient (Wildman–Crippen LogP) is 2.37. The lowest BCUT2D eigenvalue weighted by atomic mass is 10.1. The number of amides is 1. The van der Waals surface area contributed by atoms with Gasteiger partial charge in [-0.2, -0.15) is 0 Å². The van der Waals surface area contributed by atoms with Crippen LogP contribution < -0.4 is 16.4 Å². The Balaban J connectivity index is 1.33. The van der Waals surface area contributed by atoms with Crippen LogP contribution in [0, 0.1) is 0 Å². The molecule has 0 spiro atoms. The molecule has 0 atom stereocenters. The summed E-state index contributed by atoms with van der Waals surface area (Å²) in [4.78, 5) is 48.0. The maximum atomic E-state index is 12.7. The summed E-state index contributed by atoms with van der Waals surface area (Å²) in [5, 5.41) is 2.86. The highest BCUT2D eigenvalue weighted by Gasteiger charge is 2.11. The number of para-hydroxylation sites is 2. The zero-order valence-corrected chi connectivity index (χ0v) is 17.8. The van der Waals surface area contributed by atoms with Gasteiger partial charge in [0.1, 0.15) is 12.1 Å². The Morgan fingerprint density at radius 1 is 1.03 bits per heavy atom. The molecule has 0 aliphatic rings. The second-order valence-corrected chi connectivity index (χ2v) is 7.55. The Kier molecular flexibility index (Phi) is 5.06. The van der Waals surface area contributed by atoms with Gasteiger partial charge < -0.3 is 14.9 Å². The van der Waals surface area contributed by atoms with E-state index < -0.39 is 11.1 Å². The first-order valence-electron chi connectivity index (χ1n) is 10.5. The van der Waals surface area contributed by atoms with Crippen molar-refractivity contribution >= 4 is 28.0 Å². The van der Waals surface area contributed by atoms with Gasteiger partial charge >= 0.3 is 11.1 Å². The van der Waals surface area contributed by atoms with Gasteiger partial charge in [-0.15, -0.1) is 0 Å². The summed E-state index contributed by atoms with van der Waals surface area (Å²) in [6.45, 7) is 2.44. The zero-order valence-electron chi connectivity index (χ0n) is 17.8. The summed E-state index contributed by atoms with van der Waals surface area (Å²) >= 11 is 0. The Hall–Kier alpha value is -4.53. The van der Waals surface area contributed by atoms with Crippen LogP contribution in [-0.2, 0) is 13.1 Å². The molecule has 0 radical (unpaired) electrons. The first-order valence-corrected chi connectivity index (χ1v) is 10.5. The molecule has 2 aromatic carbocycles. The number of pyridine rings is 1. The fourth-order valence-electron chi connectivity index (χ4n) is 3.82. The van der Waals surface area contributed by atoms with Crippen molar-refractivity contribution in [2.75, 3.05) is 0 Å². The average molecular weight is 440 g/mol. The van der Waals surface area contributed by atoms with Gasteiger partial charge in [-0.3, -0.25) is 19.0 Å². The normalized spacial score (nSPS) is 11.2. The van der Waals surface area contributed by atoms with Crippen molar-refractivity contribution in [1.29, 1.82) is 0 Å². The van der Waals surface area contributed by atoms with Crippen LogP contribution in [0.4, 0.5) is 0 Å². The number of aromatic amines is 1. The van der Waals surface area contributed by atoms with Crippen molar-refractivity contribution in [1.82, 2.24) is 29.4 Å². The van der Waals surface area contributed by atoms with E-state index in [1.54, 1.807) is 37.6 Å². The molecule has 0 bridgehead atoms.